The molecule has 0 saturated heterocycles. The number of fused-ring (bicyclic) bond motifs is 5. The molecule has 0 aromatic rings. The highest BCUT2D eigenvalue weighted by Crippen LogP contribution is 2.61. The van der Waals surface area contributed by atoms with Gasteiger partial charge in [0.2, 0.25) is 0 Å². The van der Waals surface area contributed by atoms with Gasteiger partial charge in [0.05, 0.1) is 12.2 Å². The molecule has 2 N–H and O–H groups in total. The predicted octanol–water partition coefficient (Wildman–Crippen LogP) is 3.28. The molecule has 0 radical (unpaired) electrons. The van der Waals surface area contributed by atoms with Crippen molar-refractivity contribution < 1.29 is 10.2 Å². The standard InChI is InChI=1S/C18H28O2/c1-18-9-8-14-13-5-3-12(19)10-11(13)2-4-15(14)16(18)6-7-17(18)20/h10,12-17,19-20H,2-9H2,1H3/t12?,13-,14+,15+,16-,17?,18-/m0/s1. The molecule has 2 nitrogen and oxygen atoms in total. The lowest BCUT2D eigenvalue weighted by atomic mass is 9.52. The van der Waals surface area contributed by atoms with Crippen molar-refractivity contribution in [1.82, 2.24) is 0 Å². The van der Waals surface area contributed by atoms with Crippen molar-refractivity contribution in [3.05, 3.63) is 11.6 Å². The third-order valence-corrected chi connectivity index (χ3v) is 7.38. The van der Waals surface area contributed by atoms with Crippen molar-refractivity contribution in [2.45, 2.75) is 70.5 Å². The normalized spacial score (nSPS) is 54.6. The fourth-order valence-corrected chi connectivity index (χ4v) is 6.28. The number of allylic oxidation sites excluding steroid dienone is 1. The van der Waals surface area contributed by atoms with Crippen molar-refractivity contribution in [2.24, 2.45) is 29.1 Å². The molecule has 4 aliphatic rings. The number of aliphatic hydroxyl groups is 2. The van der Waals surface area contributed by atoms with Crippen LogP contribution in [0, 0.1) is 29.1 Å². The topological polar surface area (TPSA) is 40.5 Å². The summed E-state index contributed by atoms with van der Waals surface area (Å²) in [5, 5.41) is 20.3. The van der Waals surface area contributed by atoms with E-state index in [4.69, 9.17) is 0 Å². The van der Waals surface area contributed by atoms with Crippen molar-refractivity contribution >= 4 is 0 Å². The predicted molar refractivity (Wildman–Crippen MR) is 79.1 cm³/mol. The number of hydrogen-bond donors (Lipinski definition) is 2. The zero-order valence-corrected chi connectivity index (χ0v) is 12.6. The molecule has 3 fully saturated rings. The molecule has 2 heteroatoms. The first-order valence-electron chi connectivity index (χ1n) is 8.66. The van der Waals surface area contributed by atoms with Gasteiger partial charge >= 0.3 is 0 Å². The van der Waals surface area contributed by atoms with Gasteiger partial charge in [-0.05, 0) is 80.5 Å². The monoisotopic (exact) mass is 276 g/mol. The fraction of sp³-hybridized carbons (Fsp3) is 0.889. The second-order valence-electron chi connectivity index (χ2n) is 8.10. The largest absolute Gasteiger partial charge is 0.393 e. The summed E-state index contributed by atoms with van der Waals surface area (Å²) >= 11 is 0. The Labute approximate surface area is 122 Å². The maximum absolute atomic E-state index is 10.4. The van der Waals surface area contributed by atoms with E-state index >= 15 is 0 Å². The summed E-state index contributed by atoms with van der Waals surface area (Å²) in [6.45, 7) is 2.35. The molecule has 4 rings (SSSR count). The van der Waals surface area contributed by atoms with Crippen LogP contribution >= 0.6 is 0 Å². The summed E-state index contributed by atoms with van der Waals surface area (Å²) in [6, 6.07) is 0. The van der Waals surface area contributed by atoms with E-state index in [0.717, 1.165) is 36.5 Å². The highest BCUT2D eigenvalue weighted by atomic mass is 16.3. The average molecular weight is 276 g/mol. The third kappa shape index (κ3) is 1.77. The molecule has 2 unspecified atom stereocenters. The summed E-state index contributed by atoms with van der Waals surface area (Å²) < 4.78 is 0. The van der Waals surface area contributed by atoms with Gasteiger partial charge in [0.25, 0.3) is 0 Å². The van der Waals surface area contributed by atoms with Crippen LogP contribution in [0.3, 0.4) is 0 Å². The quantitative estimate of drug-likeness (QED) is 0.667. The van der Waals surface area contributed by atoms with Gasteiger partial charge in [0, 0.05) is 0 Å². The van der Waals surface area contributed by atoms with Crippen molar-refractivity contribution in [2.75, 3.05) is 0 Å². The van der Waals surface area contributed by atoms with Gasteiger partial charge in [-0.1, -0.05) is 18.6 Å². The first-order chi connectivity index (χ1) is 9.59. The number of rotatable bonds is 0. The van der Waals surface area contributed by atoms with Gasteiger partial charge in [0.1, 0.15) is 0 Å². The minimum absolute atomic E-state index is 0.0569. The Morgan fingerprint density at radius 3 is 2.70 bits per heavy atom. The highest BCUT2D eigenvalue weighted by Gasteiger charge is 2.55. The van der Waals surface area contributed by atoms with Gasteiger partial charge in [-0.15, -0.1) is 0 Å². The van der Waals surface area contributed by atoms with E-state index in [1.165, 1.54) is 38.5 Å². The summed E-state index contributed by atoms with van der Waals surface area (Å²) in [6.07, 6.45) is 11.4. The van der Waals surface area contributed by atoms with Gasteiger partial charge < -0.3 is 10.2 Å². The smallest absolute Gasteiger partial charge is 0.0723 e. The van der Waals surface area contributed by atoms with E-state index in [1.807, 2.05) is 0 Å². The van der Waals surface area contributed by atoms with Crippen molar-refractivity contribution in [1.29, 1.82) is 0 Å². The minimum Gasteiger partial charge on any atom is -0.393 e. The summed E-state index contributed by atoms with van der Waals surface area (Å²) in [5.41, 5.74) is 1.77. The molecule has 0 aliphatic heterocycles. The van der Waals surface area contributed by atoms with E-state index in [9.17, 15) is 10.2 Å². The SMILES string of the molecule is C[C@]12CC[C@H]3[C@@H](CCC4=CC(O)CC[C@@H]43)[C@@H]1CCC2O. The van der Waals surface area contributed by atoms with Crippen LogP contribution in [0.25, 0.3) is 0 Å². The van der Waals surface area contributed by atoms with Crippen LogP contribution in [-0.4, -0.2) is 22.4 Å². The lowest BCUT2D eigenvalue weighted by Gasteiger charge is -2.53. The van der Waals surface area contributed by atoms with E-state index in [0.29, 0.717) is 0 Å². The molecular weight excluding hydrogens is 248 g/mol. The minimum atomic E-state index is -0.181. The molecule has 0 bridgehead atoms. The Hall–Kier alpha value is -0.340. The average Bonchev–Trinajstić information content (AvgIpc) is 2.74. The second kappa shape index (κ2) is 4.58. The van der Waals surface area contributed by atoms with Crippen LogP contribution in [0.1, 0.15) is 58.3 Å². The Morgan fingerprint density at radius 2 is 1.85 bits per heavy atom. The maximum atomic E-state index is 10.4. The number of aliphatic hydroxyl groups excluding tert-OH is 2. The number of hydrogen-bond acceptors (Lipinski definition) is 2. The molecular formula is C18H28O2. The molecule has 20 heavy (non-hydrogen) atoms. The van der Waals surface area contributed by atoms with E-state index < -0.39 is 0 Å². The molecule has 3 saturated carbocycles. The van der Waals surface area contributed by atoms with Crippen molar-refractivity contribution in [3.63, 3.8) is 0 Å². The molecule has 0 amide bonds. The van der Waals surface area contributed by atoms with Crippen LogP contribution < -0.4 is 0 Å². The second-order valence-corrected chi connectivity index (χ2v) is 8.10. The summed E-state index contributed by atoms with van der Waals surface area (Å²) in [4.78, 5) is 0. The van der Waals surface area contributed by atoms with Gasteiger partial charge in [0.15, 0.2) is 0 Å². The van der Waals surface area contributed by atoms with Crippen LogP contribution in [-0.2, 0) is 0 Å². The Morgan fingerprint density at radius 1 is 1.00 bits per heavy atom. The Balaban J connectivity index is 1.62. The third-order valence-electron chi connectivity index (χ3n) is 7.38. The van der Waals surface area contributed by atoms with Crippen LogP contribution in [0.2, 0.25) is 0 Å². The fourth-order valence-electron chi connectivity index (χ4n) is 6.28. The van der Waals surface area contributed by atoms with Crippen molar-refractivity contribution in [3.8, 4) is 0 Å². The molecule has 0 aromatic heterocycles. The first-order valence-corrected chi connectivity index (χ1v) is 8.66. The molecule has 0 spiro atoms. The van der Waals surface area contributed by atoms with Crippen LogP contribution in [0.15, 0.2) is 11.6 Å². The first kappa shape index (κ1) is 13.3. The summed E-state index contributed by atoms with van der Waals surface area (Å²) in [7, 11) is 0. The zero-order valence-electron chi connectivity index (χ0n) is 12.6. The molecule has 4 aliphatic carbocycles. The molecule has 7 atom stereocenters. The van der Waals surface area contributed by atoms with E-state index in [-0.39, 0.29) is 17.6 Å². The Kier molecular flexibility index (Phi) is 3.05. The summed E-state index contributed by atoms with van der Waals surface area (Å²) in [5.74, 6) is 3.18. The maximum Gasteiger partial charge on any atom is 0.0723 e. The zero-order chi connectivity index (χ0) is 13.9. The Bertz CT molecular complexity index is 429. The van der Waals surface area contributed by atoms with Crippen LogP contribution in [0.4, 0.5) is 0 Å². The lowest BCUT2D eigenvalue weighted by Crippen LogP contribution is -2.47. The van der Waals surface area contributed by atoms with E-state index in [2.05, 4.69) is 13.0 Å². The highest BCUT2D eigenvalue weighted by molar-refractivity contribution is 5.20. The molecule has 0 aromatic carbocycles. The molecule has 112 valence electrons. The molecule has 0 heterocycles. The van der Waals surface area contributed by atoms with Crippen LogP contribution in [0.5, 0.6) is 0 Å². The van der Waals surface area contributed by atoms with E-state index in [1.54, 1.807) is 5.57 Å². The van der Waals surface area contributed by atoms with Gasteiger partial charge in [-0.25, -0.2) is 0 Å². The van der Waals surface area contributed by atoms with Gasteiger partial charge in [-0.3, -0.25) is 0 Å². The lowest BCUT2D eigenvalue weighted by molar-refractivity contribution is -0.0548. The van der Waals surface area contributed by atoms with Gasteiger partial charge in [-0.2, -0.15) is 0 Å².